The van der Waals surface area contributed by atoms with Crippen LogP contribution in [0.2, 0.25) is 0 Å². The number of benzene rings is 1. The van der Waals surface area contributed by atoms with Crippen LogP contribution in [-0.4, -0.2) is 26.1 Å². The Morgan fingerprint density at radius 3 is 2.65 bits per heavy atom. The van der Waals surface area contributed by atoms with Crippen LogP contribution in [0.15, 0.2) is 30.3 Å². The predicted octanol–water partition coefficient (Wildman–Crippen LogP) is 2.42. The lowest BCUT2D eigenvalue weighted by atomic mass is 10.1. The molecule has 1 aromatic heterocycles. The van der Waals surface area contributed by atoms with Crippen molar-refractivity contribution in [2.45, 2.75) is 6.92 Å². The molecule has 0 saturated heterocycles. The quantitative estimate of drug-likeness (QED) is 0.889. The molecule has 0 fully saturated rings. The van der Waals surface area contributed by atoms with Crippen LogP contribution in [0.1, 0.15) is 14.5 Å². The van der Waals surface area contributed by atoms with Gasteiger partial charge in [0.1, 0.15) is 5.75 Å². The number of rotatable bonds is 5. The number of methoxy groups -OCH3 is 1. The summed E-state index contributed by atoms with van der Waals surface area (Å²) in [4.78, 5) is 13.8. The van der Waals surface area contributed by atoms with E-state index in [1.165, 1.54) is 11.3 Å². The average Bonchev–Trinajstić information content (AvgIpc) is 2.87. The Morgan fingerprint density at radius 2 is 2.05 bits per heavy atom. The van der Waals surface area contributed by atoms with Crippen LogP contribution < -0.4 is 15.8 Å². The molecule has 1 aromatic carbocycles. The summed E-state index contributed by atoms with van der Waals surface area (Å²) in [6, 6.07) is 9.75. The molecular formula is C15H18N2O2S. The molecule has 1 heterocycles. The Labute approximate surface area is 122 Å². The largest absolute Gasteiger partial charge is 0.497 e. The fraction of sp³-hybridized carbons (Fsp3) is 0.267. The van der Waals surface area contributed by atoms with Gasteiger partial charge in [0.05, 0.1) is 12.0 Å². The maximum absolute atomic E-state index is 11.9. The van der Waals surface area contributed by atoms with Crippen LogP contribution in [-0.2, 0) is 0 Å². The van der Waals surface area contributed by atoms with Crippen LogP contribution in [0.4, 0.5) is 0 Å². The van der Waals surface area contributed by atoms with Crippen molar-refractivity contribution in [2.75, 3.05) is 20.2 Å². The third-order valence-corrected chi connectivity index (χ3v) is 4.02. The van der Waals surface area contributed by atoms with Crippen molar-refractivity contribution in [3.63, 3.8) is 0 Å². The summed E-state index contributed by atoms with van der Waals surface area (Å²) >= 11 is 1.49. The van der Waals surface area contributed by atoms with Crippen molar-refractivity contribution in [3.05, 3.63) is 40.1 Å². The number of carbonyl (C=O) groups excluding carboxylic acids is 1. The first-order valence-electron chi connectivity index (χ1n) is 6.39. The number of carbonyl (C=O) groups is 1. The third kappa shape index (κ3) is 3.18. The van der Waals surface area contributed by atoms with E-state index < -0.39 is 0 Å². The molecular weight excluding hydrogens is 272 g/mol. The molecule has 20 heavy (non-hydrogen) atoms. The van der Waals surface area contributed by atoms with Crippen molar-refractivity contribution >= 4 is 17.2 Å². The van der Waals surface area contributed by atoms with Crippen LogP contribution in [0, 0.1) is 6.92 Å². The zero-order valence-corrected chi connectivity index (χ0v) is 12.4. The van der Waals surface area contributed by atoms with Gasteiger partial charge in [0.25, 0.3) is 5.91 Å². The van der Waals surface area contributed by atoms with Gasteiger partial charge < -0.3 is 15.8 Å². The number of aryl methyl sites for hydroxylation is 1. The number of thiophene rings is 1. The van der Waals surface area contributed by atoms with E-state index in [9.17, 15) is 4.79 Å². The fourth-order valence-electron chi connectivity index (χ4n) is 1.92. The highest BCUT2D eigenvalue weighted by Gasteiger charge is 2.13. The van der Waals surface area contributed by atoms with Crippen molar-refractivity contribution in [2.24, 2.45) is 5.73 Å². The summed E-state index contributed by atoms with van der Waals surface area (Å²) < 4.78 is 5.15. The van der Waals surface area contributed by atoms with E-state index >= 15 is 0 Å². The second-order valence-corrected chi connectivity index (χ2v) is 5.61. The lowest BCUT2D eigenvalue weighted by Crippen LogP contribution is -2.28. The first kappa shape index (κ1) is 14.6. The maximum Gasteiger partial charge on any atom is 0.261 e. The number of nitrogens with two attached hydrogens (primary N) is 1. The smallest absolute Gasteiger partial charge is 0.261 e. The van der Waals surface area contributed by atoms with Crippen LogP contribution in [0.3, 0.4) is 0 Å². The topological polar surface area (TPSA) is 64.3 Å². The molecule has 2 rings (SSSR count). The summed E-state index contributed by atoms with van der Waals surface area (Å²) in [7, 11) is 1.64. The highest BCUT2D eigenvalue weighted by molar-refractivity contribution is 7.14. The second-order valence-electron chi connectivity index (χ2n) is 4.35. The van der Waals surface area contributed by atoms with Crippen LogP contribution in [0.25, 0.3) is 11.1 Å². The molecule has 0 radical (unpaired) electrons. The summed E-state index contributed by atoms with van der Waals surface area (Å²) in [5.74, 6) is 0.755. The van der Waals surface area contributed by atoms with Crippen molar-refractivity contribution in [1.82, 2.24) is 5.32 Å². The molecule has 106 valence electrons. The number of hydrogen-bond acceptors (Lipinski definition) is 4. The second kappa shape index (κ2) is 6.54. The number of amides is 1. The van der Waals surface area contributed by atoms with Gasteiger partial charge in [0.2, 0.25) is 0 Å². The molecule has 0 bridgehead atoms. The number of nitrogens with one attached hydrogen (secondary N) is 1. The van der Waals surface area contributed by atoms with Gasteiger partial charge in [-0.25, -0.2) is 0 Å². The Balaban J connectivity index is 2.24. The first-order chi connectivity index (χ1) is 9.65. The molecule has 0 aliphatic heterocycles. The van der Waals surface area contributed by atoms with Crippen LogP contribution >= 0.6 is 11.3 Å². The van der Waals surface area contributed by atoms with Gasteiger partial charge in [-0.2, -0.15) is 0 Å². The molecule has 3 N–H and O–H groups in total. The van der Waals surface area contributed by atoms with Gasteiger partial charge in [-0.1, -0.05) is 12.1 Å². The lowest BCUT2D eigenvalue weighted by molar-refractivity contribution is 0.0959. The fourth-order valence-corrected chi connectivity index (χ4v) is 2.88. The molecule has 2 aromatic rings. The van der Waals surface area contributed by atoms with E-state index in [1.807, 2.05) is 37.3 Å². The van der Waals surface area contributed by atoms with Gasteiger partial charge in [-0.05, 0) is 36.2 Å². The Morgan fingerprint density at radius 1 is 1.35 bits per heavy atom. The number of hydrogen-bond donors (Lipinski definition) is 2. The molecule has 5 heteroatoms. The molecule has 4 nitrogen and oxygen atoms in total. The summed E-state index contributed by atoms with van der Waals surface area (Å²) in [5, 5.41) is 2.79. The average molecular weight is 290 g/mol. The standard InChI is InChI=1S/C15H18N2O2S/c1-10-13(11-3-5-12(19-2)6-4-11)9-14(20-10)15(18)17-8-7-16/h3-6,9H,7-8,16H2,1-2H3,(H,17,18). The highest BCUT2D eigenvalue weighted by atomic mass is 32.1. The highest BCUT2D eigenvalue weighted by Crippen LogP contribution is 2.31. The Kier molecular flexibility index (Phi) is 4.76. The molecule has 0 saturated carbocycles. The molecule has 0 aliphatic carbocycles. The van der Waals surface area contributed by atoms with E-state index in [2.05, 4.69) is 5.32 Å². The van der Waals surface area contributed by atoms with Gasteiger partial charge in [-0.15, -0.1) is 11.3 Å². The zero-order valence-electron chi connectivity index (χ0n) is 11.6. The van der Waals surface area contributed by atoms with Crippen LogP contribution in [0.5, 0.6) is 5.75 Å². The van der Waals surface area contributed by atoms with Crippen molar-refractivity contribution < 1.29 is 9.53 Å². The molecule has 1 amide bonds. The van der Waals surface area contributed by atoms with Gasteiger partial charge in [0.15, 0.2) is 0 Å². The minimum absolute atomic E-state index is 0.0664. The predicted molar refractivity (Wildman–Crippen MR) is 82.4 cm³/mol. The van der Waals surface area contributed by atoms with E-state index in [1.54, 1.807) is 7.11 Å². The van der Waals surface area contributed by atoms with E-state index in [4.69, 9.17) is 10.5 Å². The Bertz CT molecular complexity index is 590. The zero-order chi connectivity index (χ0) is 14.5. The minimum atomic E-state index is -0.0664. The molecule has 0 unspecified atom stereocenters. The SMILES string of the molecule is COc1ccc(-c2cc(C(=O)NCCN)sc2C)cc1. The number of ether oxygens (including phenoxy) is 1. The summed E-state index contributed by atoms with van der Waals surface area (Å²) in [5.41, 5.74) is 7.55. The molecule has 0 atom stereocenters. The minimum Gasteiger partial charge on any atom is -0.497 e. The van der Waals surface area contributed by atoms with E-state index in [0.29, 0.717) is 18.0 Å². The summed E-state index contributed by atoms with van der Waals surface area (Å²) in [6.45, 7) is 2.96. The Hall–Kier alpha value is -1.85. The molecule has 0 spiro atoms. The van der Waals surface area contributed by atoms with Gasteiger partial charge >= 0.3 is 0 Å². The molecule has 0 aliphatic rings. The monoisotopic (exact) mass is 290 g/mol. The maximum atomic E-state index is 11.9. The lowest BCUT2D eigenvalue weighted by Gasteiger charge is -2.02. The normalized spacial score (nSPS) is 10.3. The van der Waals surface area contributed by atoms with Crippen molar-refractivity contribution in [1.29, 1.82) is 0 Å². The van der Waals surface area contributed by atoms with E-state index in [-0.39, 0.29) is 5.91 Å². The third-order valence-electron chi connectivity index (χ3n) is 2.97. The first-order valence-corrected chi connectivity index (χ1v) is 7.20. The summed E-state index contributed by atoms with van der Waals surface area (Å²) in [6.07, 6.45) is 0. The van der Waals surface area contributed by atoms with E-state index in [0.717, 1.165) is 21.8 Å². The van der Waals surface area contributed by atoms with Gasteiger partial charge in [0, 0.05) is 18.0 Å². The van der Waals surface area contributed by atoms with Crippen molar-refractivity contribution in [3.8, 4) is 16.9 Å². The van der Waals surface area contributed by atoms with Gasteiger partial charge in [-0.3, -0.25) is 4.79 Å².